The van der Waals surface area contributed by atoms with E-state index >= 15 is 0 Å². The maximum Gasteiger partial charge on any atom is 0.247 e. The molecule has 1 heterocycles. The Labute approximate surface area is 118 Å². The van der Waals surface area contributed by atoms with Crippen molar-refractivity contribution in [2.45, 2.75) is 19.5 Å². The molecule has 0 bridgehead atoms. The summed E-state index contributed by atoms with van der Waals surface area (Å²) in [6.45, 7) is 2.14. The molecule has 2 aromatic rings. The van der Waals surface area contributed by atoms with E-state index in [1.165, 1.54) is 6.26 Å². The zero-order chi connectivity index (χ0) is 14.6. The monoisotopic (exact) mass is 295 g/mol. The van der Waals surface area contributed by atoms with Gasteiger partial charge in [-0.25, -0.2) is 8.42 Å². The Kier molecular flexibility index (Phi) is 4.51. The third kappa shape index (κ3) is 4.43. The highest BCUT2D eigenvalue weighted by molar-refractivity contribution is 7.90. The minimum absolute atomic E-state index is 0.0761. The topological polar surface area (TPSA) is 85.1 Å². The van der Waals surface area contributed by atoms with Gasteiger partial charge < -0.3 is 9.73 Å². The number of sulfone groups is 1. The van der Waals surface area contributed by atoms with Crippen LogP contribution in [0, 0.1) is 0 Å². The highest BCUT2D eigenvalue weighted by Gasteiger charge is 2.12. The molecule has 0 aliphatic rings. The first-order valence-corrected chi connectivity index (χ1v) is 8.29. The molecule has 0 amide bonds. The normalized spacial score (nSPS) is 13.3. The molecule has 1 atom stereocenters. The third-order valence-electron chi connectivity index (χ3n) is 2.64. The molecule has 0 aliphatic heterocycles. The first kappa shape index (κ1) is 14.7. The number of nitrogens with one attached hydrogen (secondary N) is 1. The van der Waals surface area contributed by atoms with Gasteiger partial charge in [0.2, 0.25) is 11.8 Å². The second-order valence-electron chi connectivity index (χ2n) is 4.74. The molecular weight excluding hydrogens is 278 g/mol. The maximum atomic E-state index is 11.2. The summed E-state index contributed by atoms with van der Waals surface area (Å²) in [4.78, 5) is 0. The fraction of sp³-hybridized carbons (Fsp3) is 0.385. The molecule has 0 saturated carbocycles. The summed E-state index contributed by atoms with van der Waals surface area (Å²) in [5.74, 6) is 0.967. The zero-order valence-corrected chi connectivity index (χ0v) is 12.2. The number of aromatic nitrogens is 2. The second-order valence-corrected chi connectivity index (χ2v) is 6.93. The predicted molar refractivity (Wildman–Crippen MR) is 75.7 cm³/mol. The fourth-order valence-electron chi connectivity index (χ4n) is 1.80. The van der Waals surface area contributed by atoms with Crippen LogP contribution < -0.4 is 5.32 Å². The molecule has 1 N–H and O–H groups in total. The average molecular weight is 295 g/mol. The molecule has 0 saturated heterocycles. The highest BCUT2D eigenvalue weighted by atomic mass is 32.2. The Morgan fingerprint density at radius 2 is 1.95 bits per heavy atom. The van der Waals surface area contributed by atoms with Crippen molar-refractivity contribution in [3.8, 4) is 11.5 Å². The maximum absolute atomic E-state index is 11.2. The lowest BCUT2D eigenvalue weighted by Crippen LogP contribution is -2.32. The van der Waals surface area contributed by atoms with Crippen LogP contribution in [-0.2, 0) is 16.4 Å². The van der Waals surface area contributed by atoms with Gasteiger partial charge in [-0.1, -0.05) is 18.2 Å². The van der Waals surface area contributed by atoms with Crippen LogP contribution >= 0.6 is 0 Å². The number of nitrogens with zero attached hydrogens (tertiary/aromatic N) is 2. The van der Waals surface area contributed by atoms with E-state index in [9.17, 15) is 8.42 Å². The van der Waals surface area contributed by atoms with E-state index in [-0.39, 0.29) is 11.8 Å². The van der Waals surface area contributed by atoms with Crippen molar-refractivity contribution >= 4 is 9.84 Å². The smallest absolute Gasteiger partial charge is 0.247 e. The van der Waals surface area contributed by atoms with Crippen LogP contribution in [0.25, 0.3) is 11.5 Å². The number of benzene rings is 1. The second kappa shape index (κ2) is 6.15. The van der Waals surface area contributed by atoms with E-state index in [0.29, 0.717) is 18.3 Å². The standard InChI is InChI=1S/C13H17N3O3S/c1-10(9-20(2,17)18)14-8-12-15-16-13(19-12)11-6-4-3-5-7-11/h3-7,10,14H,8-9H2,1-2H3. The summed E-state index contributed by atoms with van der Waals surface area (Å²) in [5, 5.41) is 10.9. The average Bonchev–Trinajstić information content (AvgIpc) is 2.84. The lowest BCUT2D eigenvalue weighted by Gasteiger charge is -2.10. The van der Waals surface area contributed by atoms with Gasteiger partial charge in [-0.3, -0.25) is 0 Å². The molecule has 1 aromatic heterocycles. The van der Waals surface area contributed by atoms with Crippen LogP contribution in [-0.4, -0.2) is 36.7 Å². The van der Waals surface area contributed by atoms with Gasteiger partial charge in [0.15, 0.2) is 0 Å². The van der Waals surface area contributed by atoms with Crippen molar-refractivity contribution in [3.05, 3.63) is 36.2 Å². The number of hydrogen-bond acceptors (Lipinski definition) is 6. The van der Waals surface area contributed by atoms with Gasteiger partial charge in [-0.2, -0.15) is 0 Å². The van der Waals surface area contributed by atoms with E-state index in [1.807, 2.05) is 30.3 Å². The van der Waals surface area contributed by atoms with Crippen LogP contribution in [0.2, 0.25) is 0 Å². The van der Waals surface area contributed by atoms with Gasteiger partial charge in [0.05, 0.1) is 12.3 Å². The van der Waals surface area contributed by atoms with Crippen LogP contribution in [0.15, 0.2) is 34.7 Å². The van der Waals surface area contributed by atoms with E-state index in [0.717, 1.165) is 5.56 Å². The Morgan fingerprint density at radius 1 is 1.25 bits per heavy atom. The first-order valence-electron chi connectivity index (χ1n) is 6.23. The molecule has 1 aromatic carbocycles. The SMILES string of the molecule is CC(CS(C)(=O)=O)NCc1nnc(-c2ccccc2)o1. The van der Waals surface area contributed by atoms with Crippen molar-refractivity contribution in [1.29, 1.82) is 0 Å². The summed E-state index contributed by atoms with van der Waals surface area (Å²) < 4.78 is 27.8. The molecule has 0 fully saturated rings. The summed E-state index contributed by atoms with van der Waals surface area (Å²) in [7, 11) is -2.99. The van der Waals surface area contributed by atoms with Crippen LogP contribution in [0.1, 0.15) is 12.8 Å². The van der Waals surface area contributed by atoms with Crippen molar-refractivity contribution in [2.24, 2.45) is 0 Å². The van der Waals surface area contributed by atoms with Gasteiger partial charge in [0, 0.05) is 17.9 Å². The molecule has 20 heavy (non-hydrogen) atoms. The molecular formula is C13H17N3O3S. The van der Waals surface area contributed by atoms with Gasteiger partial charge in [-0.15, -0.1) is 10.2 Å². The van der Waals surface area contributed by atoms with Crippen LogP contribution in [0.5, 0.6) is 0 Å². The molecule has 6 nitrogen and oxygen atoms in total. The Bertz CT molecular complexity index is 653. The van der Waals surface area contributed by atoms with E-state index in [2.05, 4.69) is 15.5 Å². The first-order chi connectivity index (χ1) is 9.44. The summed E-state index contributed by atoms with van der Waals surface area (Å²) in [6.07, 6.45) is 1.21. The molecule has 2 rings (SSSR count). The largest absolute Gasteiger partial charge is 0.419 e. The molecule has 1 unspecified atom stereocenters. The minimum Gasteiger partial charge on any atom is -0.419 e. The molecule has 0 aliphatic carbocycles. The summed E-state index contributed by atoms with van der Waals surface area (Å²) in [6, 6.07) is 9.30. The van der Waals surface area contributed by atoms with Gasteiger partial charge in [0.1, 0.15) is 9.84 Å². The van der Waals surface area contributed by atoms with Crippen molar-refractivity contribution in [1.82, 2.24) is 15.5 Å². The third-order valence-corrected chi connectivity index (χ3v) is 3.75. The van der Waals surface area contributed by atoms with E-state index in [1.54, 1.807) is 6.92 Å². The van der Waals surface area contributed by atoms with Gasteiger partial charge in [-0.05, 0) is 19.1 Å². The van der Waals surface area contributed by atoms with E-state index < -0.39 is 9.84 Å². The summed E-state index contributed by atoms with van der Waals surface area (Å²) in [5.41, 5.74) is 0.857. The van der Waals surface area contributed by atoms with Crippen molar-refractivity contribution in [2.75, 3.05) is 12.0 Å². The number of hydrogen-bond donors (Lipinski definition) is 1. The van der Waals surface area contributed by atoms with Crippen LogP contribution in [0.4, 0.5) is 0 Å². The summed E-state index contributed by atoms with van der Waals surface area (Å²) >= 11 is 0. The molecule has 0 radical (unpaired) electrons. The fourth-order valence-corrected chi connectivity index (χ4v) is 2.82. The Hall–Kier alpha value is -1.73. The quantitative estimate of drug-likeness (QED) is 0.863. The van der Waals surface area contributed by atoms with Gasteiger partial charge in [0.25, 0.3) is 0 Å². The predicted octanol–water partition coefficient (Wildman–Crippen LogP) is 1.26. The van der Waals surface area contributed by atoms with E-state index in [4.69, 9.17) is 4.42 Å². The van der Waals surface area contributed by atoms with Crippen molar-refractivity contribution < 1.29 is 12.8 Å². The Morgan fingerprint density at radius 3 is 2.60 bits per heavy atom. The lowest BCUT2D eigenvalue weighted by atomic mass is 10.2. The molecule has 7 heteroatoms. The minimum atomic E-state index is -2.99. The lowest BCUT2D eigenvalue weighted by molar-refractivity contribution is 0.458. The zero-order valence-electron chi connectivity index (χ0n) is 11.4. The van der Waals surface area contributed by atoms with Gasteiger partial charge >= 0.3 is 0 Å². The highest BCUT2D eigenvalue weighted by Crippen LogP contribution is 2.16. The molecule has 108 valence electrons. The van der Waals surface area contributed by atoms with Crippen molar-refractivity contribution in [3.63, 3.8) is 0 Å². The van der Waals surface area contributed by atoms with Crippen LogP contribution in [0.3, 0.4) is 0 Å². The Balaban J connectivity index is 1.94. The molecule has 0 spiro atoms. The number of rotatable bonds is 6.